The van der Waals surface area contributed by atoms with Gasteiger partial charge in [0.05, 0.1) is 6.10 Å². The molecule has 1 heterocycles. The summed E-state index contributed by atoms with van der Waals surface area (Å²) in [5.41, 5.74) is 3.46. The fourth-order valence-electron chi connectivity index (χ4n) is 1.41. The second-order valence-electron chi connectivity index (χ2n) is 3.43. The van der Waals surface area contributed by atoms with Crippen molar-refractivity contribution in [2.75, 3.05) is 0 Å². The highest BCUT2D eigenvalue weighted by molar-refractivity contribution is 7.68. The maximum absolute atomic E-state index is 12.3. The first-order valence-electron chi connectivity index (χ1n) is 4.58. The zero-order valence-electron chi connectivity index (χ0n) is 8.83. The van der Waals surface area contributed by atoms with Gasteiger partial charge in [0.2, 0.25) is 0 Å². The van der Waals surface area contributed by atoms with E-state index in [0.717, 1.165) is 12.0 Å². The van der Waals surface area contributed by atoms with E-state index >= 15 is 0 Å². The summed E-state index contributed by atoms with van der Waals surface area (Å²) < 4.78 is 17.7. The van der Waals surface area contributed by atoms with Crippen molar-refractivity contribution < 1.29 is 9.09 Å². The molecule has 1 aliphatic rings. The Bertz CT molecular complexity index is 382. The van der Waals surface area contributed by atoms with Crippen LogP contribution in [0.4, 0.5) is 0 Å². The molecule has 0 N–H and O–H groups in total. The van der Waals surface area contributed by atoms with E-state index in [-0.39, 0.29) is 6.10 Å². The first-order valence-corrected chi connectivity index (χ1v) is 6.21. The largest absolute Gasteiger partial charge is 0.313 e. The zero-order valence-corrected chi connectivity index (χ0v) is 9.73. The summed E-state index contributed by atoms with van der Waals surface area (Å²) in [6, 6.07) is 0. The van der Waals surface area contributed by atoms with Gasteiger partial charge < -0.3 is 4.52 Å². The Morgan fingerprint density at radius 3 is 2.93 bits per heavy atom. The van der Waals surface area contributed by atoms with Crippen LogP contribution in [0.5, 0.6) is 0 Å². The Hall–Kier alpha value is -0.770. The number of rotatable bonds is 1. The van der Waals surface area contributed by atoms with E-state index < -0.39 is 7.37 Å². The molecule has 0 aromatic carbocycles. The molecule has 14 heavy (non-hydrogen) atoms. The SMILES string of the molecule is C=C(C)C1=CC[C@H](C)OP1(=O)C#CC. The molecule has 0 spiro atoms. The predicted molar refractivity (Wildman–Crippen MR) is 59.1 cm³/mol. The third-order valence-corrected chi connectivity index (χ3v) is 4.36. The van der Waals surface area contributed by atoms with Crippen LogP contribution in [0, 0.1) is 11.6 Å². The van der Waals surface area contributed by atoms with Crippen LogP contribution < -0.4 is 0 Å². The molecular formula is C11H15O2P. The monoisotopic (exact) mass is 210 g/mol. The maximum Gasteiger partial charge on any atom is 0.303 e. The molecule has 3 heteroatoms. The van der Waals surface area contributed by atoms with Gasteiger partial charge in [-0.15, -0.1) is 0 Å². The zero-order chi connectivity index (χ0) is 10.8. The van der Waals surface area contributed by atoms with Gasteiger partial charge in [-0.2, -0.15) is 0 Å². The number of hydrogen-bond acceptors (Lipinski definition) is 2. The van der Waals surface area contributed by atoms with Crippen LogP contribution in [0.3, 0.4) is 0 Å². The lowest BCUT2D eigenvalue weighted by Gasteiger charge is -2.25. The molecule has 0 aliphatic carbocycles. The first kappa shape index (κ1) is 11.3. The smallest absolute Gasteiger partial charge is 0.303 e. The molecule has 1 aliphatic heterocycles. The van der Waals surface area contributed by atoms with Gasteiger partial charge in [0.1, 0.15) is 0 Å². The topological polar surface area (TPSA) is 26.3 Å². The lowest BCUT2D eigenvalue weighted by atomic mass is 10.2. The van der Waals surface area contributed by atoms with Crippen molar-refractivity contribution >= 4 is 7.37 Å². The maximum atomic E-state index is 12.3. The summed E-state index contributed by atoms with van der Waals surface area (Å²) in [5.74, 6) is 2.66. The molecular weight excluding hydrogens is 195 g/mol. The summed E-state index contributed by atoms with van der Waals surface area (Å²) in [6.45, 7) is 9.19. The van der Waals surface area contributed by atoms with Crippen LogP contribution in [0.15, 0.2) is 23.5 Å². The summed E-state index contributed by atoms with van der Waals surface area (Å²) >= 11 is 0. The molecule has 0 aromatic heterocycles. The first-order chi connectivity index (χ1) is 6.49. The molecule has 1 rings (SSSR count). The van der Waals surface area contributed by atoms with Crippen molar-refractivity contribution in [3.8, 4) is 11.6 Å². The number of allylic oxidation sites excluding steroid dienone is 2. The van der Waals surface area contributed by atoms with E-state index in [1.807, 2.05) is 19.9 Å². The predicted octanol–water partition coefficient (Wildman–Crippen LogP) is 3.51. The molecule has 1 unspecified atom stereocenters. The lowest BCUT2D eigenvalue weighted by Crippen LogP contribution is -2.11. The molecule has 0 saturated carbocycles. The summed E-state index contributed by atoms with van der Waals surface area (Å²) in [7, 11) is -2.94. The molecule has 0 bridgehead atoms. The highest BCUT2D eigenvalue weighted by atomic mass is 31.2. The van der Waals surface area contributed by atoms with Crippen LogP contribution >= 0.6 is 7.37 Å². The highest BCUT2D eigenvalue weighted by Gasteiger charge is 2.32. The molecule has 2 atom stereocenters. The normalized spacial score (nSPS) is 31.4. The van der Waals surface area contributed by atoms with Crippen LogP contribution in [0.2, 0.25) is 0 Å². The van der Waals surface area contributed by atoms with Gasteiger partial charge in [-0.3, -0.25) is 4.57 Å². The van der Waals surface area contributed by atoms with E-state index in [0.29, 0.717) is 5.31 Å². The van der Waals surface area contributed by atoms with Gasteiger partial charge in [0.25, 0.3) is 0 Å². The summed E-state index contributed by atoms with van der Waals surface area (Å²) in [5, 5.41) is 0.685. The Kier molecular flexibility index (Phi) is 3.37. The van der Waals surface area contributed by atoms with E-state index in [2.05, 4.69) is 18.2 Å². The van der Waals surface area contributed by atoms with Gasteiger partial charge in [0, 0.05) is 5.31 Å². The molecule has 0 fully saturated rings. The van der Waals surface area contributed by atoms with Crippen molar-refractivity contribution in [2.24, 2.45) is 0 Å². The minimum absolute atomic E-state index is 0.0233. The van der Waals surface area contributed by atoms with Crippen molar-refractivity contribution in [3.05, 3.63) is 23.5 Å². The third-order valence-electron chi connectivity index (χ3n) is 1.98. The Morgan fingerprint density at radius 1 is 1.79 bits per heavy atom. The fraction of sp³-hybridized carbons (Fsp3) is 0.455. The Balaban J connectivity index is 3.17. The fourth-order valence-corrected chi connectivity index (χ4v) is 3.43. The molecule has 2 nitrogen and oxygen atoms in total. The van der Waals surface area contributed by atoms with E-state index in [1.54, 1.807) is 6.92 Å². The summed E-state index contributed by atoms with van der Waals surface area (Å²) in [6.07, 6.45) is 2.68. The molecule has 0 amide bonds. The van der Waals surface area contributed by atoms with Crippen molar-refractivity contribution in [3.63, 3.8) is 0 Å². The van der Waals surface area contributed by atoms with E-state index in [4.69, 9.17) is 4.52 Å². The second kappa shape index (κ2) is 4.17. The van der Waals surface area contributed by atoms with E-state index in [1.165, 1.54) is 0 Å². The molecule has 0 saturated heterocycles. The van der Waals surface area contributed by atoms with Crippen LogP contribution in [-0.4, -0.2) is 6.10 Å². The van der Waals surface area contributed by atoms with Crippen LogP contribution in [0.1, 0.15) is 27.2 Å². The van der Waals surface area contributed by atoms with Crippen molar-refractivity contribution in [1.82, 2.24) is 0 Å². The average molecular weight is 210 g/mol. The molecule has 76 valence electrons. The molecule has 0 radical (unpaired) electrons. The Labute approximate surface area is 85.5 Å². The van der Waals surface area contributed by atoms with Gasteiger partial charge in [-0.1, -0.05) is 18.6 Å². The second-order valence-corrected chi connectivity index (χ2v) is 5.45. The molecule has 0 aromatic rings. The van der Waals surface area contributed by atoms with Gasteiger partial charge in [-0.25, -0.2) is 0 Å². The van der Waals surface area contributed by atoms with Gasteiger partial charge >= 0.3 is 7.37 Å². The third kappa shape index (κ3) is 2.18. The number of hydrogen-bond donors (Lipinski definition) is 0. The van der Waals surface area contributed by atoms with Crippen molar-refractivity contribution in [1.29, 1.82) is 0 Å². The highest BCUT2D eigenvalue weighted by Crippen LogP contribution is 2.59. The van der Waals surface area contributed by atoms with Crippen LogP contribution in [0.25, 0.3) is 0 Å². The average Bonchev–Trinajstić information content (AvgIpc) is 2.02. The van der Waals surface area contributed by atoms with Gasteiger partial charge in [0.15, 0.2) is 0 Å². The Morgan fingerprint density at radius 2 is 2.43 bits per heavy atom. The quantitative estimate of drug-likeness (QED) is 0.489. The van der Waals surface area contributed by atoms with E-state index in [9.17, 15) is 4.57 Å². The minimum Gasteiger partial charge on any atom is -0.313 e. The van der Waals surface area contributed by atoms with Crippen molar-refractivity contribution in [2.45, 2.75) is 33.3 Å². The van der Waals surface area contributed by atoms with Gasteiger partial charge in [-0.05, 0) is 38.4 Å². The minimum atomic E-state index is -2.94. The standard InChI is InChI=1S/C11H15O2P/c1-5-8-14(12)11(9(2)3)7-6-10(4)13-14/h7,10H,2,6H2,1,3-4H3/t10-,14?/m0/s1. The van der Waals surface area contributed by atoms with Crippen LogP contribution in [-0.2, 0) is 9.09 Å². The lowest BCUT2D eigenvalue weighted by molar-refractivity contribution is 0.229. The summed E-state index contributed by atoms with van der Waals surface area (Å²) in [4.78, 5) is 0.